The number of rotatable bonds is 9. The molecule has 0 aliphatic carbocycles. The van der Waals surface area contributed by atoms with E-state index in [1.54, 1.807) is 10.1 Å². The molecule has 1 aromatic rings. The van der Waals surface area contributed by atoms with Crippen molar-refractivity contribution in [3.8, 4) is 0 Å². The van der Waals surface area contributed by atoms with Crippen LogP contribution in [-0.2, 0) is 0 Å². The topological polar surface area (TPSA) is 61.6 Å². The van der Waals surface area contributed by atoms with Crippen LogP contribution >= 0.6 is 0 Å². The lowest BCUT2D eigenvalue weighted by Gasteiger charge is -2.24. The number of nitrogens with one attached hydrogen (secondary N) is 1. The van der Waals surface area contributed by atoms with Gasteiger partial charge in [0.2, 0.25) is 0 Å². The van der Waals surface area contributed by atoms with Crippen LogP contribution in [0.4, 0.5) is 0 Å². The van der Waals surface area contributed by atoms with E-state index >= 15 is 0 Å². The van der Waals surface area contributed by atoms with Crippen molar-refractivity contribution >= 4 is 5.84 Å². The lowest BCUT2D eigenvalue weighted by molar-refractivity contribution is 0.155. The van der Waals surface area contributed by atoms with Gasteiger partial charge in [0.05, 0.1) is 11.4 Å². The Balaban J connectivity index is 2.05. The maximum Gasteiger partial charge on any atom is 0.142 e. The summed E-state index contributed by atoms with van der Waals surface area (Å²) in [6.07, 6.45) is 8.11. The molecular weight excluding hydrogens is 278 g/mol. The second-order valence-corrected chi connectivity index (χ2v) is 5.85. The minimum atomic E-state index is 0.897. The van der Waals surface area contributed by atoms with Gasteiger partial charge in [-0.2, -0.15) is 0 Å². The summed E-state index contributed by atoms with van der Waals surface area (Å²) in [6, 6.07) is 0. The second kappa shape index (κ2) is 8.12. The monoisotopic (exact) mass is 307 g/mol. The lowest BCUT2D eigenvalue weighted by atomic mass is 10.2. The van der Waals surface area contributed by atoms with Crippen molar-refractivity contribution in [1.29, 1.82) is 0 Å². The number of aromatic nitrogens is 3. The van der Waals surface area contributed by atoms with Crippen molar-refractivity contribution in [2.45, 2.75) is 72.6 Å². The molecule has 0 fully saturated rings. The van der Waals surface area contributed by atoms with E-state index in [-0.39, 0.29) is 0 Å². The third-order valence-electron chi connectivity index (χ3n) is 3.84. The largest absolute Gasteiger partial charge is 0.284 e. The van der Waals surface area contributed by atoms with Crippen LogP contribution in [0.5, 0.6) is 0 Å². The average Bonchev–Trinajstić information content (AvgIpc) is 3.04. The molecule has 0 radical (unpaired) electrons. The molecule has 1 aliphatic rings. The zero-order chi connectivity index (χ0) is 15.9. The van der Waals surface area contributed by atoms with E-state index in [1.807, 2.05) is 19.0 Å². The van der Waals surface area contributed by atoms with E-state index in [4.69, 9.17) is 0 Å². The van der Waals surface area contributed by atoms with Crippen LogP contribution < -0.4 is 10.7 Å². The minimum Gasteiger partial charge on any atom is -0.284 e. The zero-order valence-corrected chi connectivity index (χ0v) is 14.3. The fraction of sp³-hybridized carbons (Fsp3) is 0.800. The molecule has 1 aliphatic heterocycles. The van der Waals surface area contributed by atoms with Crippen molar-refractivity contribution in [2.24, 2.45) is 5.10 Å². The number of nitrogens with zero attached hydrogens (tertiary/aromatic N) is 6. The Morgan fingerprint density at radius 3 is 2.18 bits per heavy atom. The maximum atomic E-state index is 4.65. The van der Waals surface area contributed by atoms with Gasteiger partial charge in [-0.1, -0.05) is 49.9 Å². The zero-order valence-electron chi connectivity index (χ0n) is 14.3. The number of hydrazine groups is 2. The van der Waals surface area contributed by atoms with Gasteiger partial charge >= 0.3 is 0 Å². The molecular formula is C15H29N7. The molecule has 1 aromatic heterocycles. The van der Waals surface area contributed by atoms with Crippen LogP contribution in [0.25, 0.3) is 0 Å². The lowest BCUT2D eigenvalue weighted by Crippen LogP contribution is -2.50. The van der Waals surface area contributed by atoms with Crippen LogP contribution in [0.1, 0.15) is 70.2 Å². The summed E-state index contributed by atoms with van der Waals surface area (Å²) in [5.74, 6) is 0.998. The fourth-order valence-electron chi connectivity index (χ4n) is 2.34. The van der Waals surface area contributed by atoms with Gasteiger partial charge in [-0.25, -0.2) is 0 Å². The summed E-state index contributed by atoms with van der Waals surface area (Å²) < 4.78 is 0. The fourth-order valence-corrected chi connectivity index (χ4v) is 2.34. The molecule has 22 heavy (non-hydrogen) atoms. The average molecular weight is 307 g/mol. The van der Waals surface area contributed by atoms with Gasteiger partial charge in [0.15, 0.2) is 0 Å². The highest BCUT2D eigenvalue weighted by Crippen LogP contribution is 2.10. The van der Waals surface area contributed by atoms with E-state index in [9.17, 15) is 0 Å². The van der Waals surface area contributed by atoms with Gasteiger partial charge in [-0.15, -0.1) is 15.3 Å². The molecule has 0 saturated heterocycles. The van der Waals surface area contributed by atoms with Crippen molar-refractivity contribution in [3.63, 3.8) is 0 Å². The standard InChI is InChI=1S/C15H29N7/c1-5-7-9-11-15-18-20(12-10-8-6-2)22(19-15)21-16-13(3)14(4)17-21/h5-12H2,1-4H3,(H,18,19). The summed E-state index contributed by atoms with van der Waals surface area (Å²) in [7, 11) is 0. The summed E-state index contributed by atoms with van der Waals surface area (Å²) in [5, 5.41) is 17.3. The van der Waals surface area contributed by atoms with Gasteiger partial charge in [-0.3, -0.25) is 5.43 Å². The second-order valence-electron chi connectivity index (χ2n) is 5.85. The predicted molar refractivity (Wildman–Crippen MR) is 88.7 cm³/mol. The molecule has 2 rings (SSSR count). The first-order valence-corrected chi connectivity index (χ1v) is 8.48. The highest BCUT2D eigenvalue weighted by Gasteiger charge is 2.26. The number of hydrazone groups is 1. The molecule has 0 bridgehead atoms. The van der Waals surface area contributed by atoms with Crippen LogP contribution in [0.15, 0.2) is 5.10 Å². The number of amidine groups is 1. The maximum absolute atomic E-state index is 4.65. The van der Waals surface area contributed by atoms with E-state index in [0.717, 1.165) is 43.0 Å². The van der Waals surface area contributed by atoms with Crippen LogP contribution in [-0.4, -0.2) is 32.6 Å². The number of hydrogen-bond donors (Lipinski definition) is 1. The Morgan fingerprint density at radius 1 is 0.909 bits per heavy atom. The van der Waals surface area contributed by atoms with E-state index < -0.39 is 0 Å². The van der Waals surface area contributed by atoms with Gasteiger partial charge in [0, 0.05) is 13.0 Å². The third kappa shape index (κ3) is 4.19. The van der Waals surface area contributed by atoms with Crippen molar-refractivity contribution < 1.29 is 0 Å². The van der Waals surface area contributed by atoms with Crippen molar-refractivity contribution in [3.05, 3.63) is 11.4 Å². The Labute approximate surface area is 133 Å². The first-order valence-electron chi connectivity index (χ1n) is 8.48. The normalized spacial score (nSPS) is 15.3. The van der Waals surface area contributed by atoms with E-state index in [1.165, 1.54) is 25.7 Å². The summed E-state index contributed by atoms with van der Waals surface area (Å²) in [6.45, 7) is 9.26. The SMILES string of the molecule is CCCCCC1=NN(n2nc(C)c(C)n2)N(CCCCC)N1. The van der Waals surface area contributed by atoms with Gasteiger partial charge < -0.3 is 0 Å². The van der Waals surface area contributed by atoms with Crippen LogP contribution in [0.2, 0.25) is 0 Å². The molecule has 1 N–H and O–H groups in total. The first-order chi connectivity index (χ1) is 10.7. The number of hydrogen-bond acceptors (Lipinski definition) is 6. The molecule has 7 heteroatoms. The molecule has 0 saturated carbocycles. The molecule has 0 amide bonds. The Morgan fingerprint density at radius 2 is 1.55 bits per heavy atom. The number of aryl methyl sites for hydroxylation is 2. The summed E-state index contributed by atoms with van der Waals surface area (Å²) in [5.41, 5.74) is 5.26. The highest BCUT2D eigenvalue weighted by atomic mass is 16.1. The molecule has 7 nitrogen and oxygen atoms in total. The Hall–Kier alpha value is -1.63. The van der Waals surface area contributed by atoms with Gasteiger partial charge in [0.25, 0.3) is 0 Å². The van der Waals surface area contributed by atoms with Crippen molar-refractivity contribution in [2.75, 3.05) is 11.8 Å². The van der Waals surface area contributed by atoms with Crippen LogP contribution in [0.3, 0.4) is 0 Å². The quantitative estimate of drug-likeness (QED) is 0.711. The number of unbranched alkanes of at least 4 members (excludes halogenated alkanes) is 4. The molecule has 0 atom stereocenters. The molecule has 124 valence electrons. The highest BCUT2D eigenvalue weighted by molar-refractivity contribution is 5.83. The Bertz CT molecular complexity index is 475. The Kier molecular flexibility index (Phi) is 6.18. The van der Waals surface area contributed by atoms with Gasteiger partial charge in [0.1, 0.15) is 5.84 Å². The van der Waals surface area contributed by atoms with E-state index in [2.05, 4.69) is 34.6 Å². The van der Waals surface area contributed by atoms with E-state index in [0.29, 0.717) is 0 Å². The summed E-state index contributed by atoms with van der Waals surface area (Å²) >= 11 is 0. The molecule has 2 heterocycles. The molecule has 0 unspecified atom stereocenters. The summed E-state index contributed by atoms with van der Waals surface area (Å²) in [4.78, 5) is 1.58. The van der Waals surface area contributed by atoms with Crippen LogP contribution in [0, 0.1) is 13.8 Å². The minimum absolute atomic E-state index is 0.897. The predicted octanol–water partition coefficient (Wildman–Crippen LogP) is 2.65. The van der Waals surface area contributed by atoms with Crippen molar-refractivity contribution in [1.82, 2.24) is 25.6 Å². The third-order valence-corrected chi connectivity index (χ3v) is 3.84. The first kappa shape index (κ1) is 16.7. The smallest absolute Gasteiger partial charge is 0.142 e. The molecule has 0 spiro atoms. The molecule has 0 aromatic carbocycles. The van der Waals surface area contributed by atoms with Gasteiger partial charge in [-0.05, 0) is 31.6 Å².